The minimum Gasteiger partial charge on any atom is -0.397 e. The van der Waals surface area contributed by atoms with Gasteiger partial charge in [-0.25, -0.2) is 0 Å². The lowest BCUT2D eigenvalue weighted by Gasteiger charge is -2.16. The number of thiophene rings is 1. The number of rotatable bonds is 3. The highest BCUT2D eigenvalue weighted by Gasteiger charge is 2.34. The van der Waals surface area contributed by atoms with Gasteiger partial charge in [0.2, 0.25) is 0 Å². The van der Waals surface area contributed by atoms with Crippen molar-refractivity contribution in [2.45, 2.75) is 20.3 Å². The highest BCUT2D eigenvalue weighted by Crippen LogP contribution is 2.39. The molecule has 2 unspecified atom stereocenters. The van der Waals surface area contributed by atoms with E-state index in [1.54, 1.807) is 0 Å². The molecule has 0 aliphatic heterocycles. The largest absolute Gasteiger partial charge is 0.397 e. The third-order valence-corrected chi connectivity index (χ3v) is 5.62. The Hall–Kier alpha value is -1.55. The molecule has 1 fully saturated rings. The van der Waals surface area contributed by atoms with Crippen molar-refractivity contribution in [3.63, 3.8) is 0 Å². The Morgan fingerprint density at radius 2 is 2.20 bits per heavy atom. The van der Waals surface area contributed by atoms with Gasteiger partial charge in [0.25, 0.3) is 5.91 Å². The molecule has 2 N–H and O–H groups in total. The number of nitrogens with two attached hydrogens (primary N) is 1. The average Bonchev–Trinajstić information content (AvgIpc) is 2.99. The topological polar surface area (TPSA) is 46.3 Å². The van der Waals surface area contributed by atoms with Crippen molar-refractivity contribution in [3.05, 3.63) is 28.6 Å². The Morgan fingerprint density at radius 3 is 2.80 bits per heavy atom. The highest BCUT2D eigenvalue weighted by molar-refractivity contribution is 7.21. The zero-order valence-corrected chi connectivity index (χ0v) is 13.0. The van der Waals surface area contributed by atoms with E-state index in [1.807, 2.05) is 24.1 Å². The summed E-state index contributed by atoms with van der Waals surface area (Å²) in [5.74, 6) is 1.48. The van der Waals surface area contributed by atoms with Gasteiger partial charge in [-0.15, -0.1) is 11.3 Å². The molecular formula is C16H20N2OS. The third-order valence-electron chi connectivity index (χ3n) is 4.28. The van der Waals surface area contributed by atoms with Crippen molar-refractivity contribution in [1.29, 1.82) is 0 Å². The van der Waals surface area contributed by atoms with Gasteiger partial charge in [0.05, 0.1) is 5.69 Å². The van der Waals surface area contributed by atoms with Gasteiger partial charge in [0, 0.05) is 23.7 Å². The molecule has 0 bridgehead atoms. The first-order chi connectivity index (χ1) is 9.49. The molecule has 1 aromatic carbocycles. The van der Waals surface area contributed by atoms with Crippen molar-refractivity contribution < 1.29 is 4.79 Å². The molecule has 1 aromatic heterocycles. The van der Waals surface area contributed by atoms with Crippen LogP contribution < -0.4 is 5.73 Å². The lowest BCUT2D eigenvalue weighted by atomic mass is 10.1. The maximum absolute atomic E-state index is 12.6. The van der Waals surface area contributed by atoms with Gasteiger partial charge in [0.15, 0.2) is 0 Å². The second-order valence-corrected chi connectivity index (χ2v) is 6.98. The molecule has 3 nitrogen and oxygen atoms in total. The Labute approximate surface area is 123 Å². The van der Waals surface area contributed by atoms with E-state index in [0.29, 0.717) is 16.5 Å². The SMILES string of the molecule is Cc1cccc2c(N)c(C(=O)N(C)CC3CC3C)sc12. The molecule has 106 valence electrons. The second-order valence-electron chi connectivity index (χ2n) is 5.96. The molecule has 1 aliphatic rings. The summed E-state index contributed by atoms with van der Waals surface area (Å²) in [5.41, 5.74) is 7.99. The van der Waals surface area contributed by atoms with Crippen LogP contribution in [0.15, 0.2) is 18.2 Å². The molecule has 2 atom stereocenters. The summed E-state index contributed by atoms with van der Waals surface area (Å²) in [6, 6.07) is 6.04. The number of nitrogens with zero attached hydrogens (tertiary/aromatic N) is 1. The monoisotopic (exact) mass is 288 g/mol. The zero-order valence-electron chi connectivity index (χ0n) is 12.1. The maximum atomic E-state index is 12.6. The van der Waals surface area contributed by atoms with Crippen LogP contribution in [0.25, 0.3) is 10.1 Å². The van der Waals surface area contributed by atoms with Gasteiger partial charge in [0.1, 0.15) is 4.88 Å². The first-order valence-corrected chi connectivity index (χ1v) is 7.83. The number of carbonyl (C=O) groups is 1. The fraction of sp³-hybridized carbons (Fsp3) is 0.438. The third kappa shape index (κ3) is 2.18. The normalized spacial score (nSPS) is 21.1. The van der Waals surface area contributed by atoms with Crippen molar-refractivity contribution >= 4 is 33.0 Å². The number of fused-ring (bicyclic) bond motifs is 1. The zero-order chi connectivity index (χ0) is 14.4. The molecule has 0 saturated heterocycles. The quantitative estimate of drug-likeness (QED) is 0.939. The summed E-state index contributed by atoms with van der Waals surface area (Å²) in [6.07, 6.45) is 1.23. The Kier molecular flexibility index (Phi) is 3.21. The fourth-order valence-corrected chi connectivity index (χ4v) is 3.88. The predicted octanol–water partition coefficient (Wildman–Crippen LogP) is 3.52. The van der Waals surface area contributed by atoms with Crippen molar-refractivity contribution in [1.82, 2.24) is 4.90 Å². The number of nitrogen functional groups attached to an aromatic ring is 1. The molecule has 0 radical (unpaired) electrons. The van der Waals surface area contributed by atoms with E-state index in [2.05, 4.69) is 19.9 Å². The molecule has 2 aromatic rings. The van der Waals surface area contributed by atoms with Crippen LogP contribution in [-0.4, -0.2) is 24.4 Å². The molecule has 0 spiro atoms. The molecule has 3 rings (SSSR count). The lowest BCUT2D eigenvalue weighted by Crippen LogP contribution is -2.28. The van der Waals surface area contributed by atoms with E-state index >= 15 is 0 Å². The number of hydrogen-bond acceptors (Lipinski definition) is 3. The van der Waals surface area contributed by atoms with E-state index in [0.717, 1.165) is 22.5 Å². The van der Waals surface area contributed by atoms with Gasteiger partial charge >= 0.3 is 0 Å². The molecule has 4 heteroatoms. The van der Waals surface area contributed by atoms with Crippen LogP contribution in [-0.2, 0) is 0 Å². The van der Waals surface area contributed by atoms with Crippen LogP contribution in [0.1, 0.15) is 28.6 Å². The first kappa shape index (κ1) is 13.4. The molecule has 1 amide bonds. The number of aryl methyl sites for hydroxylation is 1. The summed E-state index contributed by atoms with van der Waals surface area (Å²) in [5, 5.41) is 1.01. The predicted molar refractivity (Wildman–Crippen MR) is 85.2 cm³/mol. The smallest absolute Gasteiger partial charge is 0.265 e. The van der Waals surface area contributed by atoms with Crippen LogP contribution in [0.3, 0.4) is 0 Å². The number of carbonyl (C=O) groups excluding carboxylic acids is 1. The highest BCUT2D eigenvalue weighted by atomic mass is 32.1. The lowest BCUT2D eigenvalue weighted by molar-refractivity contribution is 0.0793. The molecule has 1 saturated carbocycles. The number of hydrogen-bond donors (Lipinski definition) is 1. The second kappa shape index (κ2) is 4.77. The van der Waals surface area contributed by atoms with Crippen LogP contribution in [0.4, 0.5) is 5.69 Å². The summed E-state index contributed by atoms with van der Waals surface area (Å²) in [6.45, 7) is 5.13. The van der Waals surface area contributed by atoms with E-state index in [1.165, 1.54) is 23.3 Å². The Balaban J connectivity index is 1.91. The Morgan fingerprint density at radius 1 is 1.50 bits per heavy atom. The maximum Gasteiger partial charge on any atom is 0.265 e. The summed E-state index contributed by atoms with van der Waals surface area (Å²) in [4.78, 5) is 15.1. The standard InChI is InChI=1S/C16H20N2OS/c1-9-5-4-6-12-13(17)15(20-14(9)12)16(19)18(3)8-11-7-10(11)2/h4-6,10-11H,7-8,17H2,1-3H3. The Bertz CT molecular complexity index is 676. The first-order valence-electron chi connectivity index (χ1n) is 7.02. The van der Waals surface area contributed by atoms with E-state index in [-0.39, 0.29) is 5.91 Å². The minimum atomic E-state index is 0.0576. The van der Waals surface area contributed by atoms with Gasteiger partial charge in [-0.1, -0.05) is 25.1 Å². The van der Waals surface area contributed by atoms with Crippen LogP contribution >= 0.6 is 11.3 Å². The van der Waals surface area contributed by atoms with E-state index in [4.69, 9.17) is 5.73 Å². The molecule has 20 heavy (non-hydrogen) atoms. The van der Waals surface area contributed by atoms with Crippen molar-refractivity contribution in [3.8, 4) is 0 Å². The summed E-state index contributed by atoms with van der Waals surface area (Å²) in [7, 11) is 1.88. The van der Waals surface area contributed by atoms with Crippen molar-refractivity contribution in [2.75, 3.05) is 19.3 Å². The average molecular weight is 288 g/mol. The van der Waals surface area contributed by atoms with Crippen molar-refractivity contribution in [2.24, 2.45) is 11.8 Å². The van der Waals surface area contributed by atoms with Crippen LogP contribution in [0.5, 0.6) is 0 Å². The van der Waals surface area contributed by atoms with E-state index < -0.39 is 0 Å². The molecular weight excluding hydrogens is 268 g/mol. The number of benzene rings is 1. The fourth-order valence-electron chi connectivity index (χ4n) is 2.70. The van der Waals surface area contributed by atoms with Gasteiger partial charge in [-0.3, -0.25) is 4.79 Å². The number of anilines is 1. The molecule has 1 heterocycles. The van der Waals surface area contributed by atoms with Gasteiger partial charge in [-0.05, 0) is 30.7 Å². The van der Waals surface area contributed by atoms with Crippen LogP contribution in [0, 0.1) is 18.8 Å². The van der Waals surface area contributed by atoms with Crippen LogP contribution in [0.2, 0.25) is 0 Å². The molecule has 1 aliphatic carbocycles. The summed E-state index contributed by atoms with van der Waals surface area (Å²) < 4.78 is 1.13. The van der Waals surface area contributed by atoms with Gasteiger partial charge < -0.3 is 10.6 Å². The number of amides is 1. The van der Waals surface area contributed by atoms with Gasteiger partial charge in [-0.2, -0.15) is 0 Å². The summed E-state index contributed by atoms with van der Waals surface area (Å²) >= 11 is 1.52. The minimum absolute atomic E-state index is 0.0576. The van der Waals surface area contributed by atoms with E-state index in [9.17, 15) is 4.79 Å².